The fourth-order valence-electron chi connectivity index (χ4n) is 3.33. The molecule has 1 saturated heterocycles. The number of carbonyl (C=O) groups is 2. The van der Waals surface area contributed by atoms with Crippen LogP contribution in [-0.4, -0.2) is 49.6 Å². The molecule has 0 radical (unpaired) electrons. The van der Waals surface area contributed by atoms with Crippen molar-refractivity contribution in [3.63, 3.8) is 0 Å². The molecule has 0 saturated carbocycles. The van der Waals surface area contributed by atoms with Gasteiger partial charge in [-0.15, -0.1) is 0 Å². The number of fused-ring (bicyclic) bond motifs is 3. The van der Waals surface area contributed by atoms with Crippen LogP contribution >= 0.6 is 0 Å². The van der Waals surface area contributed by atoms with Gasteiger partial charge in [0.1, 0.15) is 11.2 Å². The smallest absolute Gasteiger partial charge is 0.306 e. The summed E-state index contributed by atoms with van der Waals surface area (Å²) >= 11 is 0. The second kappa shape index (κ2) is 5.73. The number of aliphatic carboxylic acids is 1. The first-order valence-corrected chi connectivity index (χ1v) is 8.07. The van der Waals surface area contributed by atoms with E-state index in [0.717, 1.165) is 0 Å². The lowest BCUT2D eigenvalue weighted by Crippen LogP contribution is -2.40. The number of carbonyl (C=O) groups excluding carboxylic acids is 1. The van der Waals surface area contributed by atoms with E-state index >= 15 is 0 Å². The van der Waals surface area contributed by atoms with Gasteiger partial charge in [-0.05, 0) is 25.0 Å². The molecule has 25 heavy (non-hydrogen) atoms. The van der Waals surface area contributed by atoms with Gasteiger partial charge in [0, 0.05) is 13.1 Å². The van der Waals surface area contributed by atoms with E-state index in [4.69, 9.17) is 5.11 Å². The minimum atomic E-state index is -0.820. The molecule has 128 valence electrons. The molecule has 3 heterocycles. The Labute approximate surface area is 141 Å². The molecule has 0 bridgehead atoms. The van der Waals surface area contributed by atoms with Crippen molar-refractivity contribution in [2.24, 2.45) is 5.92 Å². The van der Waals surface area contributed by atoms with Crippen LogP contribution in [0.5, 0.6) is 0 Å². The van der Waals surface area contributed by atoms with Crippen LogP contribution in [0.3, 0.4) is 0 Å². The fourth-order valence-corrected chi connectivity index (χ4v) is 3.33. The highest BCUT2D eigenvalue weighted by Crippen LogP contribution is 2.21. The molecular weight excluding hydrogens is 324 g/mol. The van der Waals surface area contributed by atoms with Crippen LogP contribution in [0.4, 0.5) is 0 Å². The average Bonchev–Trinajstić information content (AvgIpc) is 3.05. The maximum atomic E-state index is 12.8. The van der Waals surface area contributed by atoms with Crippen molar-refractivity contribution < 1.29 is 14.7 Å². The van der Waals surface area contributed by atoms with Crippen LogP contribution in [-0.2, 0) is 4.79 Å². The number of piperidine rings is 1. The molecular formula is C17H16N4O4. The molecule has 8 heteroatoms. The third-order valence-electron chi connectivity index (χ3n) is 4.74. The molecule has 1 aliphatic rings. The number of aromatic amines is 1. The molecule has 0 aliphatic carbocycles. The Morgan fingerprint density at radius 3 is 2.64 bits per heavy atom. The molecule has 8 nitrogen and oxygen atoms in total. The summed E-state index contributed by atoms with van der Waals surface area (Å²) in [6.45, 7) is 0.760. The van der Waals surface area contributed by atoms with E-state index < -0.39 is 11.9 Å². The van der Waals surface area contributed by atoms with E-state index in [1.54, 1.807) is 33.7 Å². The number of aromatic nitrogens is 3. The molecule has 1 fully saturated rings. The van der Waals surface area contributed by atoms with Crippen molar-refractivity contribution in [1.82, 2.24) is 19.5 Å². The van der Waals surface area contributed by atoms with Gasteiger partial charge >= 0.3 is 5.97 Å². The van der Waals surface area contributed by atoms with Gasteiger partial charge in [0.05, 0.1) is 23.0 Å². The van der Waals surface area contributed by atoms with Crippen molar-refractivity contribution in [3.8, 4) is 0 Å². The highest BCUT2D eigenvalue weighted by molar-refractivity contribution is 6.00. The number of hydrogen-bond acceptors (Lipinski definition) is 4. The summed E-state index contributed by atoms with van der Waals surface area (Å²) in [4.78, 5) is 40.5. The number of amides is 1. The van der Waals surface area contributed by atoms with E-state index in [1.807, 2.05) is 0 Å². The standard InChI is InChI=1S/C17H16N4O4/c22-15-11-3-1-2-4-13(11)21-14(19-15)12(9-18-21)16(23)20-7-5-10(6-8-20)17(24)25/h1-4,9-10H,5-8H2,(H,19,22)(H,24,25). The van der Waals surface area contributed by atoms with Crippen LogP contribution in [0.25, 0.3) is 16.6 Å². The summed E-state index contributed by atoms with van der Waals surface area (Å²) in [7, 11) is 0. The molecule has 1 amide bonds. The van der Waals surface area contributed by atoms with Crippen molar-refractivity contribution >= 4 is 28.4 Å². The molecule has 1 aromatic carbocycles. The minimum absolute atomic E-state index is 0.246. The first kappa shape index (κ1) is 15.4. The zero-order valence-corrected chi connectivity index (χ0v) is 13.3. The topological polar surface area (TPSA) is 108 Å². The zero-order valence-electron chi connectivity index (χ0n) is 13.3. The summed E-state index contributed by atoms with van der Waals surface area (Å²) in [5.41, 5.74) is 1.03. The number of benzene rings is 1. The minimum Gasteiger partial charge on any atom is -0.481 e. The molecule has 2 N–H and O–H groups in total. The summed E-state index contributed by atoms with van der Waals surface area (Å²) < 4.78 is 1.55. The Morgan fingerprint density at radius 2 is 1.92 bits per heavy atom. The molecule has 3 aromatic rings. The monoisotopic (exact) mass is 340 g/mol. The van der Waals surface area contributed by atoms with E-state index in [-0.39, 0.29) is 11.5 Å². The summed E-state index contributed by atoms with van der Waals surface area (Å²) in [6.07, 6.45) is 2.31. The Balaban J connectivity index is 1.72. The van der Waals surface area contributed by atoms with E-state index in [9.17, 15) is 14.4 Å². The maximum absolute atomic E-state index is 12.8. The highest BCUT2D eigenvalue weighted by atomic mass is 16.4. The lowest BCUT2D eigenvalue weighted by Gasteiger charge is -2.29. The van der Waals surface area contributed by atoms with Gasteiger partial charge in [0.15, 0.2) is 0 Å². The van der Waals surface area contributed by atoms with Crippen LogP contribution in [0.15, 0.2) is 35.3 Å². The first-order chi connectivity index (χ1) is 12.1. The Bertz CT molecular complexity index is 1040. The molecule has 2 aromatic heterocycles. The number of hydrogen-bond donors (Lipinski definition) is 2. The van der Waals surface area contributed by atoms with E-state index in [1.165, 1.54) is 6.20 Å². The SMILES string of the molecule is O=C(O)C1CCN(C(=O)c2cnn3c2[nH]c(=O)c2ccccc23)CC1. The second-order valence-electron chi connectivity index (χ2n) is 6.19. The maximum Gasteiger partial charge on any atom is 0.306 e. The Morgan fingerprint density at radius 1 is 1.20 bits per heavy atom. The van der Waals surface area contributed by atoms with Gasteiger partial charge in [-0.1, -0.05) is 12.1 Å². The normalized spacial score (nSPS) is 15.8. The summed E-state index contributed by atoms with van der Waals surface area (Å²) in [5, 5.41) is 13.8. The largest absolute Gasteiger partial charge is 0.481 e. The number of rotatable bonds is 2. The van der Waals surface area contributed by atoms with Crippen molar-refractivity contribution in [2.75, 3.05) is 13.1 Å². The fraction of sp³-hybridized carbons (Fsp3) is 0.294. The number of para-hydroxylation sites is 1. The third kappa shape index (κ3) is 2.46. The van der Waals surface area contributed by atoms with Gasteiger partial charge in [0.25, 0.3) is 11.5 Å². The lowest BCUT2D eigenvalue weighted by atomic mass is 9.97. The number of carboxylic acids is 1. The van der Waals surface area contributed by atoms with Crippen LogP contribution in [0, 0.1) is 5.92 Å². The molecule has 4 rings (SSSR count). The summed E-state index contributed by atoms with van der Waals surface area (Å²) in [6, 6.07) is 7.05. The van der Waals surface area contributed by atoms with Gasteiger partial charge in [-0.25, -0.2) is 4.52 Å². The predicted octanol–water partition coefficient (Wildman–Crippen LogP) is 1.11. The van der Waals surface area contributed by atoms with Crippen molar-refractivity contribution in [3.05, 3.63) is 46.4 Å². The molecule has 0 unspecified atom stereocenters. The lowest BCUT2D eigenvalue weighted by molar-refractivity contribution is -0.143. The van der Waals surface area contributed by atoms with Crippen LogP contribution in [0.2, 0.25) is 0 Å². The van der Waals surface area contributed by atoms with Crippen molar-refractivity contribution in [2.45, 2.75) is 12.8 Å². The average molecular weight is 340 g/mol. The van der Waals surface area contributed by atoms with Crippen LogP contribution in [0.1, 0.15) is 23.2 Å². The van der Waals surface area contributed by atoms with E-state index in [0.29, 0.717) is 48.0 Å². The molecule has 0 atom stereocenters. The van der Waals surface area contributed by atoms with Gasteiger partial charge in [-0.3, -0.25) is 14.4 Å². The highest BCUT2D eigenvalue weighted by Gasteiger charge is 2.29. The molecule has 0 spiro atoms. The zero-order chi connectivity index (χ0) is 17.6. The van der Waals surface area contributed by atoms with Crippen LogP contribution < -0.4 is 5.56 Å². The van der Waals surface area contributed by atoms with Gasteiger partial charge in [0.2, 0.25) is 0 Å². The van der Waals surface area contributed by atoms with E-state index in [2.05, 4.69) is 10.1 Å². The quantitative estimate of drug-likeness (QED) is 0.727. The Hall–Kier alpha value is -3.16. The van der Waals surface area contributed by atoms with Gasteiger partial charge in [-0.2, -0.15) is 5.10 Å². The number of H-pyrrole nitrogens is 1. The second-order valence-corrected chi connectivity index (χ2v) is 6.19. The number of nitrogens with zero attached hydrogens (tertiary/aromatic N) is 3. The Kier molecular flexibility index (Phi) is 3.52. The van der Waals surface area contributed by atoms with Gasteiger partial charge < -0.3 is 15.0 Å². The summed E-state index contributed by atoms with van der Waals surface area (Å²) in [5.74, 6) is -1.47. The third-order valence-corrected chi connectivity index (χ3v) is 4.74. The number of carboxylic acid groups (broad SMARTS) is 1. The molecule has 1 aliphatic heterocycles. The van der Waals surface area contributed by atoms with Crippen molar-refractivity contribution in [1.29, 1.82) is 0 Å². The predicted molar refractivity (Wildman–Crippen MR) is 89.6 cm³/mol. The first-order valence-electron chi connectivity index (χ1n) is 8.07. The number of nitrogens with one attached hydrogen (secondary N) is 1. The number of likely N-dealkylation sites (tertiary alicyclic amines) is 1.